The van der Waals surface area contributed by atoms with Gasteiger partial charge >= 0.3 is 0 Å². The van der Waals surface area contributed by atoms with Gasteiger partial charge in [0.1, 0.15) is 0 Å². The minimum Gasteiger partial charge on any atom is -0.369 e. The van der Waals surface area contributed by atoms with Crippen LogP contribution in [0, 0.1) is 0 Å². The van der Waals surface area contributed by atoms with Crippen molar-refractivity contribution in [3.8, 4) is 0 Å². The highest BCUT2D eigenvalue weighted by atomic mass is 28.2. The van der Waals surface area contributed by atoms with Crippen molar-refractivity contribution in [2.24, 2.45) is 5.73 Å². The number of carbonyl (C=O) groups is 1. The lowest BCUT2D eigenvalue weighted by Crippen LogP contribution is -2.42. The van der Waals surface area contributed by atoms with Crippen LogP contribution in [0.2, 0.25) is 13.1 Å². The molecule has 0 aliphatic heterocycles. The summed E-state index contributed by atoms with van der Waals surface area (Å²) in [5.74, 6) is -0.262. The number of rotatable bonds is 3. The van der Waals surface area contributed by atoms with Gasteiger partial charge in [0, 0.05) is 8.41 Å². The molecule has 2 nitrogen and oxygen atoms in total. The van der Waals surface area contributed by atoms with E-state index in [9.17, 15) is 4.79 Å². The van der Waals surface area contributed by atoms with Crippen LogP contribution in [-0.4, -0.2) is 20.0 Å². The molecule has 0 spiro atoms. The van der Waals surface area contributed by atoms with Gasteiger partial charge in [-0.25, -0.2) is 0 Å². The summed E-state index contributed by atoms with van der Waals surface area (Å²) in [6.45, 7) is 6.28. The molecule has 2 rings (SSSR count). The molecule has 0 fully saturated rings. The van der Waals surface area contributed by atoms with Gasteiger partial charge in [-0.3, -0.25) is 4.79 Å². The number of fused-ring (bicyclic) bond motifs is 1. The van der Waals surface area contributed by atoms with E-state index in [2.05, 4.69) is 37.0 Å². The van der Waals surface area contributed by atoms with Crippen molar-refractivity contribution in [1.29, 1.82) is 0 Å². The minimum atomic E-state index is -0.655. The summed E-state index contributed by atoms with van der Waals surface area (Å²) in [6, 6.07) is 6.17. The summed E-state index contributed by atoms with van der Waals surface area (Å²) in [4.78, 5) is 11.9. The molecule has 0 bridgehead atoms. The van der Waals surface area contributed by atoms with Crippen molar-refractivity contribution in [2.45, 2.75) is 31.9 Å². The monoisotopic (exact) mass is 257 g/mol. The highest BCUT2D eigenvalue weighted by Gasteiger charge is 2.33. The molecule has 1 amide bonds. The molecule has 1 aliphatic rings. The number of amides is 1. The predicted molar refractivity (Wildman–Crippen MR) is 79.3 cm³/mol. The molecule has 0 radical (unpaired) electrons. The van der Waals surface area contributed by atoms with Crippen molar-refractivity contribution in [3.63, 3.8) is 0 Å². The SMILES string of the molecule is C[Si](C)=CC(C)(C(N)=O)c1cccc2c1C=CC2. The Hall–Kier alpha value is -1.48. The van der Waals surface area contributed by atoms with Crippen LogP contribution in [0.3, 0.4) is 0 Å². The highest BCUT2D eigenvalue weighted by Crippen LogP contribution is 2.31. The van der Waals surface area contributed by atoms with Crippen molar-refractivity contribution in [3.05, 3.63) is 41.0 Å². The number of nitrogens with two attached hydrogens (primary N) is 1. The Morgan fingerprint density at radius 1 is 1.44 bits per heavy atom. The fourth-order valence-electron chi connectivity index (χ4n) is 2.60. The van der Waals surface area contributed by atoms with Gasteiger partial charge in [0.2, 0.25) is 5.91 Å². The lowest BCUT2D eigenvalue weighted by molar-refractivity contribution is -0.120. The summed E-state index contributed by atoms with van der Waals surface area (Å²) in [5, 5.41) is 0. The summed E-state index contributed by atoms with van der Waals surface area (Å²) in [7, 11) is -0.650. The Balaban J connectivity index is 2.65. The van der Waals surface area contributed by atoms with E-state index in [1.807, 2.05) is 19.1 Å². The van der Waals surface area contributed by atoms with Crippen LogP contribution in [0.5, 0.6) is 0 Å². The van der Waals surface area contributed by atoms with E-state index in [-0.39, 0.29) is 5.91 Å². The molecule has 1 aromatic rings. The Bertz CT molecular complexity index is 556. The summed E-state index contributed by atoms with van der Waals surface area (Å²) < 4.78 is 0. The van der Waals surface area contributed by atoms with E-state index in [1.165, 1.54) is 11.1 Å². The van der Waals surface area contributed by atoms with Crippen LogP contribution in [0.1, 0.15) is 23.6 Å². The Kier molecular flexibility index (Phi) is 3.35. The maximum atomic E-state index is 11.9. The standard InChI is InChI=1S/C15H19NOSi/c1-15(14(16)17,10-18(2)3)13-9-5-7-11-6-4-8-12(11)13/h4-5,7-10H,6H2,1-3H3,(H2,16,17). The molecule has 1 atom stereocenters. The topological polar surface area (TPSA) is 43.1 Å². The van der Waals surface area contributed by atoms with Gasteiger partial charge in [-0.05, 0) is 30.0 Å². The molecule has 0 heterocycles. The number of hydrogen-bond donors (Lipinski definition) is 1. The molecule has 94 valence electrons. The van der Waals surface area contributed by atoms with E-state index < -0.39 is 13.8 Å². The smallest absolute Gasteiger partial charge is 0.231 e. The average molecular weight is 257 g/mol. The predicted octanol–water partition coefficient (Wildman–Crippen LogP) is 2.14. The summed E-state index contributed by atoms with van der Waals surface area (Å²) >= 11 is 0. The van der Waals surface area contributed by atoms with Crippen LogP contribution in [-0.2, 0) is 16.6 Å². The first-order valence-electron chi connectivity index (χ1n) is 6.20. The van der Waals surface area contributed by atoms with Crippen LogP contribution >= 0.6 is 0 Å². The Labute approximate surface area is 110 Å². The van der Waals surface area contributed by atoms with Gasteiger partial charge in [0.15, 0.2) is 0 Å². The quantitative estimate of drug-likeness (QED) is 0.828. The maximum absolute atomic E-state index is 11.9. The second-order valence-corrected chi connectivity index (χ2v) is 7.72. The van der Waals surface area contributed by atoms with E-state index in [1.54, 1.807) is 0 Å². The normalized spacial score (nSPS) is 15.9. The van der Waals surface area contributed by atoms with Crippen LogP contribution < -0.4 is 5.73 Å². The zero-order valence-electron chi connectivity index (χ0n) is 11.2. The number of carbonyl (C=O) groups excluding carboxylic acids is 1. The van der Waals surface area contributed by atoms with Crippen molar-refractivity contribution in [1.82, 2.24) is 0 Å². The van der Waals surface area contributed by atoms with Gasteiger partial charge < -0.3 is 5.73 Å². The third-order valence-electron chi connectivity index (χ3n) is 3.47. The van der Waals surface area contributed by atoms with Crippen molar-refractivity contribution >= 4 is 26.1 Å². The zero-order valence-corrected chi connectivity index (χ0v) is 12.2. The Morgan fingerprint density at radius 2 is 2.17 bits per heavy atom. The lowest BCUT2D eigenvalue weighted by Gasteiger charge is -2.26. The number of primary amides is 1. The maximum Gasteiger partial charge on any atom is 0.231 e. The van der Waals surface area contributed by atoms with Gasteiger partial charge in [-0.2, -0.15) is 0 Å². The van der Waals surface area contributed by atoms with Gasteiger partial charge in [-0.1, -0.05) is 49.1 Å². The van der Waals surface area contributed by atoms with Gasteiger partial charge in [-0.15, -0.1) is 0 Å². The van der Waals surface area contributed by atoms with Crippen LogP contribution in [0.15, 0.2) is 24.3 Å². The average Bonchev–Trinajstić information content (AvgIpc) is 2.74. The molecule has 0 aromatic heterocycles. The molecule has 3 heteroatoms. The van der Waals surface area contributed by atoms with Crippen molar-refractivity contribution < 1.29 is 4.79 Å². The third-order valence-corrected chi connectivity index (χ3v) is 4.62. The number of allylic oxidation sites excluding steroid dienone is 1. The molecule has 2 N–H and O–H groups in total. The molecular weight excluding hydrogens is 238 g/mol. The largest absolute Gasteiger partial charge is 0.369 e. The molecule has 1 aromatic carbocycles. The van der Waals surface area contributed by atoms with Gasteiger partial charge in [0.05, 0.1) is 5.41 Å². The van der Waals surface area contributed by atoms with Crippen LogP contribution in [0.4, 0.5) is 0 Å². The highest BCUT2D eigenvalue weighted by molar-refractivity contribution is 6.65. The second-order valence-electron chi connectivity index (χ2n) is 5.27. The molecule has 18 heavy (non-hydrogen) atoms. The third kappa shape index (κ3) is 2.10. The molecule has 0 saturated heterocycles. The first kappa shape index (κ1) is 13.0. The van der Waals surface area contributed by atoms with E-state index in [4.69, 9.17) is 5.73 Å². The van der Waals surface area contributed by atoms with Crippen LogP contribution in [0.25, 0.3) is 6.08 Å². The fraction of sp³-hybridized carbons (Fsp3) is 0.333. The zero-order chi connectivity index (χ0) is 13.3. The lowest BCUT2D eigenvalue weighted by atomic mass is 9.80. The van der Waals surface area contributed by atoms with E-state index in [0.717, 1.165) is 12.0 Å². The molecule has 0 saturated carbocycles. The first-order chi connectivity index (χ1) is 8.45. The van der Waals surface area contributed by atoms with E-state index >= 15 is 0 Å². The molecule has 1 aliphatic carbocycles. The summed E-state index contributed by atoms with van der Waals surface area (Å²) in [5.41, 5.74) is 10.7. The van der Waals surface area contributed by atoms with Crippen molar-refractivity contribution in [2.75, 3.05) is 0 Å². The molecule has 1 unspecified atom stereocenters. The number of hydrogen-bond acceptors (Lipinski definition) is 1. The van der Waals surface area contributed by atoms with E-state index in [0.29, 0.717) is 0 Å². The van der Waals surface area contributed by atoms with Gasteiger partial charge in [0.25, 0.3) is 0 Å². The molecular formula is C15H19NOSi. The Morgan fingerprint density at radius 3 is 2.78 bits per heavy atom. The first-order valence-corrected chi connectivity index (χ1v) is 8.78. The number of benzene rings is 1. The minimum absolute atomic E-state index is 0.262. The summed E-state index contributed by atoms with van der Waals surface area (Å²) in [6.07, 6.45) is 5.20. The fourth-order valence-corrected chi connectivity index (χ4v) is 4.06. The second kappa shape index (κ2) is 4.65.